The van der Waals surface area contributed by atoms with Gasteiger partial charge in [-0.15, -0.1) is 0 Å². The molecule has 2 aliphatic carbocycles. The quantitative estimate of drug-likeness (QED) is 0.575. The molecule has 1 N–H and O–H groups in total. The Kier molecular flexibility index (Phi) is 4.77. The van der Waals surface area contributed by atoms with Crippen molar-refractivity contribution in [1.82, 2.24) is 20.1 Å². The number of benzene rings is 1. The molecule has 1 amide bonds. The molecule has 0 spiro atoms. The number of oxazole rings is 1. The number of fused-ring (bicyclic) bond motifs is 1. The van der Waals surface area contributed by atoms with Crippen LogP contribution >= 0.6 is 0 Å². The Morgan fingerprint density at radius 1 is 1.27 bits per heavy atom. The first-order chi connectivity index (χ1) is 14.6. The van der Waals surface area contributed by atoms with Crippen molar-refractivity contribution in [1.29, 1.82) is 0 Å². The molecular formula is C22H24N4O4. The van der Waals surface area contributed by atoms with Crippen LogP contribution in [0.2, 0.25) is 0 Å². The third kappa shape index (κ3) is 3.81. The second kappa shape index (κ2) is 7.59. The average Bonchev–Trinajstić information content (AvgIpc) is 3.67. The minimum atomic E-state index is -0.891. The van der Waals surface area contributed by atoms with Crippen molar-refractivity contribution < 1.29 is 18.7 Å². The van der Waals surface area contributed by atoms with Gasteiger partial charge in [-0.3, -0.25) is 9.48 Å². The van der Waals surface area contributed by atoms with Gasteiger partial charge in [0.1, 0.15) is 17.3 Å². The van der Waals surface area contributed by atoms with Gasteiger partial charge < -0.3 is 14.5 Å². The van der Waals surface area contributed by atoms with E-state index in [0.717, 1.165) is 31.4 Å². The summed E-state index contributed by atoms with van der Waals surface area (Å²) in [6.45, 7) is 1.96. The summed E-state index contributed by atoms with van der Waals surface area (Å²) in [5.74, 6) is 0.00421. The first-order valence-corrected chi connectivity index (χ1v) is 10.5. The molecule has 0 bridgehead atoms. The van der Waals surface area contributed by atoms with Crippen molar-refractivity contribution in [2.75, 3.05) is 6.61 Å². The predicted octanol–water partition coefficient (Wildman–Crippen LogP) is 3.14. The molecule has 0 unspecified atom stereocenters. The number of ether oxygens (including phenoxy) is 1. The number of nitrogens with one attached hydrogen (secondary N) is 1. The Morgan fingerprint density at radius 2 is 2.07 bits per heavy atom. The van der Waals surface area contributed by atoms with Crippen molar-refractivity contribution >= 4 is 23.0 Å². The highest BCUT2D eigenvalue weighted by molar-refractivity contribution is 5.95. The Hall–Kier alpha value is -3.16. The van der Waals surface area contributed by atoms with Gasteiger partial charge >= 0.3 is 5.97 Å². The summed E-state index contributed by atoms with van der Waals surface area (Å²) in [5.41, 5.74) is 2.83. The van der Waals surface area contributed by atoms with Crippen LogP contribution in [0, 0.1) is 0 Å². The summed E-state index contributed by atoms with van der Waals surface area (Å²) in [5, 5.41) is 7.50. The number of aromatic nitrogens is 3. The smallest absolute Gasteiger partial charge is 0.329 e. The SMILES string of the molecule is CCOC(=O)[C@H](Cc1nc2ccccc2o1)NC(=O)c1cc(C2CC2)nn1C1CC1. The number of amides is 1. The zero-order chi connectivity index (χ0) is 20.7. The van der Waals surface area contributed by atoms with Crippen molar-refractivity contribution in [2.45, 2.75) is 57.0 Å². The lowest BCUT2D eigenvalue weighted by Gasteiger charge is -2.16. The maximum atomic E-state index is 13.1. The summed E-state index contributed by atoms with van der Waals surface area (Å²) in [6.07, 6.45) is 4.40. The fraction of sp³-hybridized carbons (Fsp3) is 0.455. The molecule has 0 aliphatic heterocycles. The van der Waals surface area contributed by atoms with Crippen molar-refractivity contribution in [3.05, 3.63) is 47.6 Å². The van der Waals surface area contributed by atoms with Crippen LogP contribution in [-0.4, -0.2) is 39.3 Å². The minimum Gasteiger partial charge on any atom is -0.464 e. The molecule has 30 heavy (non-hydrogen) atoms. The number of nitrogens with zero attached hydrogens (tertiary/aromatic N) is 3. The molecule has 5 rings (SSSR count). The molecule has 0 saturated heterocycles. The molecule has 3 aromatic rings. The van der Waals surface area contributed by atoms with E-state index in [-0.39, 0.29) is 25.0 Å². The lowest BCUT2D eigenvalue weighted by molar-refractivity contribution is -0.145. The molecule has 1 atom stereocenters. The third-order valence-electron chi connectivity index (χ3n) is 5.47. The highest BCUT2D eigenvalue weighted by atomic mass is 16.5. The first kappa shape index (κ1) is 18.8. The van der Waals surface area contributed by atoms with E-state index in [4.69, 9.17) is 9.15 Å². The normalized spacial score (nSPS) is 17.1. The zero-order valence-electron chi connectivity index (χ0n) is 16.8. The summed E-state index contributed by atoms with van der Waals surface area (Å²) < 4.78 is 12.8. The van der Waals surface area contributed by atoms with Crippen LogP contribution in [0.25, 0.3) is 11.1 Å². The molecular weight excluding hydrogens is 384 g/mol. The van der Waals surface area contributed by atoms with E-state index in [1.807, 2.05) is 35.0 Å². The summed E-state index contributed by atoms with van der Waals surface area (Å²) >= 11 is 0. The van der Waals surface area contributed by atoms with Crippen LogP contribution in [0.1, 0.15) is 66.6 Å². The van der Waals surface area contributed by atoms with E-state index >= 15 is 0 Å². The second-order valence-electron chi connectivity index (χ2n) is 7.96. The van der Waals surface area contributed by atoms with Gasteiger partial charge in [-0.1, -0.05) is 12.1 Å². The molecule has 0 radical (unpaired) electrons. The standard InChI is InChI=1S/C22H24N4O4/c1-2-29-22(28)17(12-20-23-15-5-3-4-6-19(15)30-20)24-21(27)18-11-16(13-7-8-13)25-26(18)14-9-10-14/h3-6,11,13-14,17H,2,7-10,12H2,1H3,(H,24,27)/t17-/m0/s1. The lowest BCUT2D eigenvalue weighted by atomic mass is 10.2. The van der Waals surface area contributed by atoms with Crippen molar-refractivity contribution in [3.63, 3.8) is 0 Å². The highest BCUT2D eigenvalue weighted by Gasteiger charge is 2.35. The molecule has 156 valence electrons. The lowest BCUT2D eigenvalue weighted by Crippen LogP contribution is -2.44. The molecule has 2 aromatic heterocycles. The monoisotopic (exact) mass is 408 g/mol. The predicted molar refractivity (Wildman–Crippen MR) is 108 cm³/mol. The fourth-order valence-electron chi connectivity index (χ4n) is 3.61. The number of esters is 1. The van der Waals surface area contributed by atoms with Gasteiger partial charge in [0.2, 0.25) is 0 Å². The number of rotatable bonds is 8. The van der Waals surface area contributed by atoms with Crippen LogP contribution in [0.4, 0.5) is 0 Å². The summed E-state index contributed by atoms with van der Waals surface area (Å²) in [7, 11) is 0. The second-order valence-corrected chi connectivity index (χ2v) is 7.96. The van der Waals surface area contributed by atoms with E-state index in [2.05, 4.69) is 15.4 Å². The number of hydrogen-bond acceptors (Lipinski definition) is 6. The van der Waals surface area contributed by atoms with Crippen LogP contribution in [0.15, 0.2) is 34.7 Å². The largest absolute Gasteiger partial charge is 0.464 e. The Labute approximate surface area is 173 Å². The highest BCUT2D eigenvalue weighted by Crippen LogP contribution is 2.42. The van der Waals surface area contributed by atoms with Gasteiger partial charge in [0.05, 0.1) is 24.8 Å². The zero-order valence-corrected chi connectivity index (χ0v) is 16.8. The number of hydrogen-bond donors (Lipinski definition) is 1. The third-order valence-corrected chi connectivity index (χ3v) is 5.47. The van der Waals surface area contributed by atoms with Crippen LogP contribution in [0.3, 0.4) is 0 Å². The van der Waals surface area contributed by atoms with Gasteiger partial charge in [-0.2, -0.15) is 5.10 Å². The Morgan fingerprint density at radius 3 is 2.77 bits per heavy atom. The molecule has 1 aromatic carbocycles. The van der Waals surface area contributed by atoms with Crippen molar-refractivity contribution in [2.24, 2.45) is 0 Å². The van der Waals surface area contributed by atoms with E-state index in [1.54, 1.807) is 6.92 Å². The molecule has 8 nitrogen and oxygen atoms in total. The van der Waals surface area contributed by atoms with Gasteiger partial charge in [0.25, 0.3) is 5.91 Å². The molecule has 2 aliphatic rings. The molecule has 8 heteroatoms. The minimum absolute atomic E-state index is 0.117. The van der Waals surface area contributed by atoms with E-state index in [9.17, 15) is 9.59 Å². The van der Waals surface area contributed by atoms with E-state index in [0.29, 0.717) is 28.6 Å². The molecule has 2 saturated carbocycles. The summed E-state index contributed by atoms with van der Waals surface area (Å²) in [6, 6.07) is 8.64. The van der Waals surface area contributed by atoms with E-state index in [1.165, 1.54) is 0 Å². The number of carbonyl (C=O) groups is 2. The van der Waals surface area contributed by atoms with Gasteiger partial charge in [0.15, 0.2) is 11.5 Å². The maximum Gasteiger partial charge on any atom is 0.329 e. The average molecular weight is 408 g/mol. The topological polar surface area (TPSA) is 99.2 Å². The molecule has 2 fully saturated rings. The van der Waals surface area contributed by atoms with Gasteiger partial charge in [-0.25, -0.2) is 9.78 Å². The number of carbonyl (C=O) groups excluding carboxylic acids is 2. The van der Waals surface area contributed by atoms with Crippen LogP contribution < -0.4 is 5.32 Å². The van der Waals surface area contributed by atoms with Crippen molar-refractivity contribution in [3.8, 4) is 0 Å². The Bertz CT molecular complexity index is 1060. The summed E-state index contributed by atoms with van der Waals surface area (Å²) in [4.78, 5) is 30.1. The fourth-order valence-corrected chi connectivity index (χ4v) is 3.61. The van der Waals surface area contributed by atoms with Gasteiger partial charge in [-0.05, 0) is 50.8 Å². The molecule has 2 heterocycles. The van der Waals surface area contributed by atoms with Crippen LogP contribution in [0.5, 0.6) is 0 Å². The first-order valence-electron chi connectivity index (χ1n) is 10.5. The van der Waals surface area contributed by atoms with Crippen LogP contribution in [-0.2, 0) is 16.0 Å². The number of para-hydroxylation sites is 2. The maximum absolute atomic E-state index is 13.1. The van der Waals surface area contributed by atoms with E-state index < -0.39 is 12.0 Å². The van der Waals surface area contributed by atoms with Gasteiger partial charge in [0, 0.05) is 5.92 Å². The Balaban J connectivity index is 1.38.